The summed E-state index contributed by atoms with van der Waals surface area (Å²) in [6.45, 7) is 6.68. The predicted molar refractivity (Wildman–Crippen MR) is 70.0 cm³/mol. The summed E-state index contributed by atoms with van der Waals surface area (Å²) in [5.41, 5.74) is 4.92. The van der Waals surface area contributed by atoms with E-state index in [1.165, 1.54) is 0 Å². The molecule has 1 heterocycles. The zero-order valence-corrected chi connectivity index (χ0v) is 11.5. The standard InChI is InChI=1S/C12H20N2O2.ClH/c1-5-12(13)6-8-14(9-7-12)10(15)16-11(2,3)4;/h1H,6-9,13H2,2-4H3;1H. The van der Waals surface area contributed by atoms with Gasteiger partial charge in [0.2, 0.25) is 0 Å². The smallest absolute Gasteiger partial charge is 0.410 e. The quantitative estimate of drug-likeness (QED) is 0.676. The van der Waals surface area contributed by atoms with Gasteiger partial charge in [-0.05, 0) is 33.6 Å². The molecule has 0 saturated carbocycles. The van der Waals surface area contributed by atoms with Crippen LogP contribution in [0, 0.1) is 12.3 Å². The number of likely N-dealkylation sites (tertiary alicyclic amines) is 1. The molecular weight excluding hydrogens is 240 g/mol. The third kappa shape index (κ3) is 4.84. The van der Waals surface area contributed by atoms with Crippen molar-refractivity contribution in [2.75, 3.05) is 13.1 Å². The lowest BCUT2D eigenvalue weighted by atomic mass is 9.90. The molecule has 17 heavy (non-hydrogen) atoms. The number of hydrogen-bond acceptors (Lipinski definition) is 3. The topological polar surface area (TPSA) is 55.6 Å². The molecule has 2 N–H and O–H groups in total. The molecule has 1 rings (SSSR count). The van der Waals surface area contributed by atoms with Gasteiger partial charge in [-0.2, -0.15) is 0 Å². The normalized spacial score (nSPS) is 18.9. The fourth-order valence-corrected chi connectivity index (χ4v) is 1.56. The van der Waals surface area contributed by atoms with Crippen LogP contribution in [-0.2, 0) is 4.74 Å². The van der Waals surface area contributed by atoms with E-state index in [4.69, 9.17) is 16.9 Å². The van der Waals surface area contributed by atoms with Crippen molar-refractivity contribution in [3.05, 3.63) is 0 Å². The lowest BCUT2D eigenvalue weighted by molar-refractivity contribution is 0.0190. The van der Waals surface area contributed by atoms with Crippen LogP contribution in [0.15, 0.2) is 0 Å². The predicted octanol–water partition coefficient (Wildman–Crippen LogP) is 1.77. The second-order valence-electron chi connectivity index (χ2n) is 5.27. The molecule has 0 aliphatic carbocycles. The number of hydrogen-bond donors (Lipinski definition) is 1. The number of nitrogens with two attached hydrogens (primary N) is 1. The monoisotopic (exact) mass is 260 g/mol. The zero-order valence-electron chi connectivity index (χ0n) is 10.7. The number of carbonyl (C=O) groups excluding carboxylic acids is 1. The molecule has 1 aliphatic rings. The molecule has 98 valence electrons. The number of amides is 1. The lowest BCUT2D eigenvalue weighted by Crippen LogP contribution is -2.51. The molecule has 1 amide bonds. The molecule has 5 heteroatoms. The Bertz CT molecular complexity index is 309. The minimum absolute atomic E-state index is 0. The first kappa shape index (κ1) is 16.1. The molecule has 0 radical (unpaired) electrons. The summed E-state index contributed by atoms with van der Waals surface area (Å²) in [6.07, 6.45) is 6.32. The first-order chi connectivity index (χ1) is 7.26. The summed E-state index contributed by atoms with van der Waals surface area (Å²) >= 11 is 0. The fourth-order valence-electron chi connectivity index (χ4n) is 1.56. The van der Waals surface area contributed by atoms with E-state index in [0.29, 0.717) is 25.9 Å². The largest absolute Gasteiger partial charge is 0.444 e. The van der Waals surface area contributed by atoms with E-state index in [1.807, 2.05) is 20.8 Å². The Kier molecular flexibility index (Phi) is 5.31. The molecular formula is C12H21ClN2O2. The van der Waals surface area contributed by atoms with Crippen LogP contribution in [0.3, 0.4) is 0 Å². The molecule has 0 spiro atoms. The second-order valence-corrected chi connectivity index (χ2v) is 5.27. The molecule has 0 bridgehead atoms. The maximum Gasteiger partial charge on any atom is 0.410 e. The highest BCUT2D eigenvalue weighted by molar-refractivity contribution is 5.85. The van der Waals surface area contributed by atoms with Crippen molar-refractivity contribution >= 4 is 18.5 Å². The second kappa shape index (κ2) is 5.61. The first-order valence-electron chi connectivity index (χ1n) is 5.50. The molecule has 0 aromatic heterocycles. The van der Waals surface area contributed by atoms with Crippen LogP contribution >= 0.6 is 12.4 Å². The SMILES string of the molecule is C#CC1(N)CCN(C(=O)OC(C)(C)C)CC1.Cl. The maximum absolute atomic E-state index is 11.7. The number of rotatable bonds is 0. The third-order valence-electron chi connectivity index (χ3n) is 2.59. The fraction of sp³-hybridized carbons (Fsp3) is 0.750. The third-order valence-corrected chi connectivity index (χ3v) is 2.59. The molecule has 1 fully saturated rings. The van der Waals surface area contributed by atoms with Gasteiger partial charge in [0.15, 0.2) is 0 Å². The number of terminal acetylenes is 1. The van der Waals surface area contributed by atoms with E-state index in [9.17, 15) is 4.79 Å². The highest BCUT2D eigenvalue weighted by Crippen LogP contribution is 2.20. The van der Waals surface area contributed by atoms with Crippen molar-refractivity contribution in [3.8, 4) is 12.3 Å². The molecule has 1 saturated heterocycles. The minimum atomic E-state index is -0.557. The van der Waals surface area contributed by atoms with Crippen molar-refractivity contribution in [1.29, 1.82) is 0 Å². The number of piperidine rings is 1. The van der Waals surface area contributed by atoms with Gasteiger partial charge in [-0.1, -0.05) is 5.92 Å². The Labute approximate surface area is 109 Å². The Morgan fingerprint density at radius 3 is 2.24 bits per heavy atom. The average molecular weight is 261 g/mol. The van der Waals surface area contributed by atoms with E-state index >= 15 is 0 Å². The van der Waals surface area contributed by atoms with Crippen LogP contribution in [0.5, 0.6) is 0 Å². The van der Waals surface area contributed by atoms with Gasteiger partial charge in [-0.25, -0.2) is 4.79 Å². The minimum Gasteiger partial charge on any atom is -0.444 e. The van der Waals surface area contributed by atoms with Gasteiger partial charge in [0.05, 0.1) is 5.54 Å². The molecule has 0 aromatic carbocycles. The number of carbonyl (C=O) groups is 1. The van der Waals surface area contributed by atoms with Crippen molar-refractivity contribution in [1.82, 2.24) is 4.90 Å². The maximum atomic E-state index is 11.7. The molecule has 0 atom stereocenters. The van der Waals surface area contributed by atoms with Crippen molar-refractivity contribution in [2.24, 2.45) is 5.73 Å². The van der Waals surface area contributed by atoms with Crippen LogP contribution in [0.25, 0.3) is 0 Å². The number of ether oxygens (including phenoxy) is 1. The summed E-state index contributed by atoms with van der Waals surface area (Å²) in [6, 6.07) is 0. The Balaban J connectivity index is 0.00000256. The molecule has 0 aromatic rings. The van der Waals surface area contributed by atoms with Crippen LogP contribution in [-0.4, -0.2) is 35.2 Å². The lowest BCUT2D eigenvalue weighted by Gasteiger charge is -2.36. The molecule has 0 unspecified atom stereocenters. The first-order valence-corrected chi connectivity index (χ1v) is 5.50. The summed E-state index contributed by atoms with van der Waals surface area (Å²) in [7, 11) is 0. The van der Waals surface area contributed by atoms with Gasteiger partial charge in [-0.3, -0.25) is 0 Å². The summed E-state index contributed by atoms with van der Waals surface area (Å²) in [5.74, 6) is 2.59. The highest BCUT2D eigenvalue weighted by atomic mass is 35.5. The van der Waals surface area contributed by atoms with Gasteiger partial charge >= 0.3 is 6.09 Å². The van der Waals surface area contributed by atoms with Crippen LogP contribution < -0.4 is 5.73 Å². The van der Waals surface area contributed by atoms with E-state index in [2.05, 4.69) is 5.92 Å². The van der Waals surface area contributed by atoms with Crippen molar-refractivity contribution in [2.45, 2.75) is 44.8 Å². The van der Waals surface area contributed by atoms with Crippen LogP contribution in [0.1, 0.15) is 33.6 Å². The summed E-state index contributed by atoms with van der Waals surface area (Å²) < 4.78 is 5.27. The Morgan fingerprint density at radius 2 is 1.88 bits per heavy atom. The van der Waals surface area contributed by atoms with Gasteiger partial charge in [-0.15, -0.1) is 18.8 Å². The van der Waals surface area contributed by atoms with Gasteiger partial charge in [0.25, 0.3) is 0 Å². The highest BCUT2D eigenvalue weighted by Gasteiger charge is 2.32. The summed E-state index contributed by atoms with van der Waals surface area (Å²) in [5, 5.41) is 0. The van der Waals surface area contributed by atoms with E-state index in [1.54, 1.807) is 4.90 Å². The van der Waals surface area contributed by atoms with Gasteiger partial charge < -0.3 is 15.4 Å². The van der Waals surface area contributed by atoms with Crippen LogP contribution in [0.4, 0.5) is 4.79 Å². The van der Waals surface area contributed by atoms with E-state index < -0.39 is 11.1 Å². The Hall–Kier alpha value is -0.920. The molecule has 4 nitrogen and oxygen atoms in total. The van der Waals surface area contributed by atoms with E-state index in [-0.39, 0.29) is 18.5 Å². The molecule has 1 aliphatic heterocycles. The summed E-state index contributed by atoms with van der Waals surface area (Å²) in [4.78, 5) is 13.4. The van der Waals surface area contributed by atoms with Crippen molar-refractivity contribution in [3.63, 3.8) is 0 Å². The number of nitrogens with zero attached hydrogens (tertiary/aromatic N) is 1. The van der Waals surface area contributed by atoms with E-state index in [0.717, 1.165) is 0 Å². The number of halogens is 1. The Morgan fingerprint density at radius 1 is 1.41 bits per heavy atom. The van der Waals surface area contributed by atoms with Gasteiger partial charge in [0, 0.05) is 13.1 Å². The van der Waals surface area contributed by atoms with Crippen LogP contribution in [0.2, 0.25) is 0 Å². The van der Waals surface area contributed by atoms with Gasteiger partial charge in [0.1, 0.15) is 5.60 Å². The zero-order chi connectivity index (χ0) is 12.4. The average Bonchev–Trinajstić information content (AvgIpc) is 2.16. The van der Waals surface area contributed by atoms with Crippen molar-refractivity contribution < 1.29 is 9.53 Å².